The third kappa shape index (κ3) is 5.11. The minimum absolute atomic E-state index is 0.0151. The van der Waals surface area contributed by atoms with Crippen molar-refractivity contribution in [1.29, 1.82) is 0 Å². The molecular weight excluding hydrogens is 290 g/mol. The summed E-state index contributed by atoms with van der Waals surface area (Å²) >= 11 is 0. The van der Waals surface area contributed by atoms with Gasteiger partial charge in [-0.05, 0) is 36.2 Å². The van der Waals surface area contributed by atoms with E-state index in [0.717, 1.165) is 17.7 Å². The van der Waals surface area contributed by atoms with Gasteiger partial charge >= 0.3 is 0 Å². The number of amides is 1. The Labute approximate surface area is 137 Å². The molecule has 0 heterocycles. The SMILES string of the molecule is CCC(NC(=O)c1ccc(OCCOC)cc1)c1ccccc1. The summed E-state index contributed by atoms with van der Waals surface area (Å²) in [5, 5.41) is 3.07. The van der Waals surface area contributed by atoms with Crippen LogP contribution < -0.4 is 10.1 Å². The van der Waals surface area contributed by atoms with Gasteiger partial charge in [0.25, 0.3) is 5.91 Å². The largest absolute Gasteiger partial charge is 0.491 e. The number of hydrogen-bond donors (Lipinski definition) is 1. The Morgan fingerprint density at radius 1 is 1.04 bits per heavy atom. The van der Waals surface area contributed by atoms with Crippen LogP contribution in [0.15, 0.2) is 54.6 Å². The minimum atomic E-state index is -0.0795. The normalized spacial score (nSPS) is 11.7. The highest BCUT2D eigenvalue weighted by atomic mass is 16.5. The summed E-state index contributed by atoms with van der Waals surface area (Å²) in [5.41, 5.74) is 1.74. The average Bonchev–Trinajstić information content (AvgIpc) is 2.61. The van der Waals surface area contributed by atoms with Gasteiger partial charge in [0.15, 0.2) is 0 Å². The van der Waals surface area contributed by atoms with Crippen molar-refractivity contribution in [3.63, 3.8) is 0 Å². The summed E-state index contributed by atoms with van der Waals surface area (Å²) in [7, 11) is 1.63. The van der Waals surface area contributed by atoms with Crippen LogP contribution in [0.3, 0.4) is 0 Å². The summed E-state index contributed by atoms with van der Waals surface area (Å²) in [6, 6.07) is 17.2. The fraction of sp³-hybridized carbons (Fsp3) is 0.316. The van der Waals surface area contributed by atoms with Gasteiger partial charge in [-0.15, -0.1) is 0 Å². The summed E-state index contributed by atoms with van der Waals surface area (Å²) < 4.78 is 10.4. The molecule has 23 heavy (non-hydrogen) atoms. The van der Waals surface area contributed by atoms with E-state index in [1.54, 1.807) is 31.4 Å². The van der Waals surface area contributed by atoms with Crippen molar-refractivity contribution in [3.8, 4) is 5.75 Å². The molecule has 1 atom stereocenters. The first-order valence-electron chi connectivity index (χ1n) is 7.82. The van der Waals surface area contributed by atoms with E-state index in [-0.39, 0.29) is 11.9 Å². The molecular formula is C19H23NO3. The topological polar surface area (TPSA) is 47.6 Å². The third-order valence-electron chi connectivity index (χ3n) is 3.59. The van der Waals surface area contributed by atoms with Crippen molar-refractivity contribution in [1.82, 2.24) is 5.32 Å². The van der Waals surface area contributed by atoms with E-state index in [1.807, 2.05) is 30.3 Å². The lowest BCUT2D eigenvalue weighted by Crippen LogP contribution is -2.28. The van der Waals surface area contributed by atoms with Gasteiger partial charge in [-0.25, -0.2) is 0 Å². The highest BCUT2D eigenvalue weighted by Gasteiger charge is 2.13. The molecule has 2 aromatic rings. The van der Waals surface area contributed by atoms with Crippen molar-refractivity contribution in [2.75, 3.05) is 20.3 Å². The molecule has 0 aromatic heterocycles. The van der Waals surface area contributed by atoms with Crippen molar-refractivity contribution in [2.24, 2.45) is 0 Å². The molecule has 0 radical (unpaired) electrons. The first kappa shape index (κ1) is 17.0. The Morgan fingerprint density at radius 2 is 1.74 bits per heavy atom. The van der Waals surface area contributed by atoms with Gasteiger partial charge < -0.3 is 14.8 Å². The summed E-state index contributed by atoms with van der Waals surface area (Å²) in [6.07, 6.45) is 0.841. The van der Waals surface area contributed by atoms with E-state index >= 15 is 0 Å². The number of rotatable bonds is 8. The molecule has 0 aliphatic rings. The lowest BCUT2D eigenvalue weighted by atomic mass is 10.0. The smallest absolute Gasteiger partial charge is 0.251 e. The number of nitrogens with one attached hydrogen (secondary N) is 1. The van der Waals surface area contributed by atoms with Crippen LogP contribution in [0.5, 0.6) is 5.75 Å². The van der Waals surface area contributed by atoms with Gasteiger partial charge in [-0.3, -0.25) is 4.79 Å². The quantitative estimate of drug-likeness (QED) is 0.758. The number of carbonyl (C=O) groups is 1. The highest BCUT2D eigenvalue weighted by Crippen LogP contribution is 2.18. The minimum Gasteiger partial charge on any atom is -0.491 e. The van der Waals surface area contributed by atoms with Gasteiger partial charge in [-0.2, -0.15) is 0 Å². The first-order valence-corrected chi connectivity index (χ1v) is 7.82. The van der Waals surface area contributed by atoms with Crippen LogP contribution in [0.25, 0.3) is 0 Å². The maximum atomic E-state index is 12.4. The molecule has 1 unspecified atom stereocenters. The van der Waals surface area contributed by atoms with Gasteiger partial charge in [0.1, 0.15) is 12.4 Å². The van der Waals surface area contributed by atoms with E-state index in [9.17, 15) is 4.79 Å². The molecule has 122 valence electrons. The van der Waals surface area contributed by atoms with Crippen LogP contribution in [0, 0.1) is 0 Å². The molecule has 0 aliphatic carbocycles. The average molecular weight is 313 g/mol. The summed E-state index contributed by atoms with van der Waals surface area (Å²) in [4.78, 5) is 12.4. The molecule has 0 aliphatic heterocycles. The molecule has 1 amide bonds. The zero-order valence-corrected chi connectivity index (χ0v) is 13.6. The van der Waals surface area contributed by atoms with Crippen molar-refractivity contribution in [3.05, 3.63) is 65.7 Å². The number of methoxy groups -OCH3 is 1. The number of ether oxygens (including phenoxy) is 2. The standard InChI is InChI=1S/C19H23NO3/c1-3-18(15-7-5-4-6-8-15)20-19(21)16-9-11-17(12-10-16)23-14-13-22-2/h4-12,18H,3,13-14H2,1-2H3,(H,20,21). The first-order chi connectivity index (χ1) is 11.2. The van der Waals surface area contributed by atoms with E-state index in [1.165, 1.54) is 0 Å². The van der Waals surface area contributed by atoms with Crippen LogP contribution in [-0.2, 0) is 4.74 Å². The van der Waals surface area contributed by atoms with E-state index in [0.29, 0.717) is 18.8 Å². The Bertz CT molecular complexity index is 596. The molecule has 0 fully saturated rings. The second-order valence-electron chi connectivity index (χ2n) is 5.21. The molecule has 1 N–H and O–H groups in total. The number of benzene rings is 2. The number of hydrogen-bond acceptors (Lipinski definition) is 3. The van der Waals surface area contributed by atoms with Gasteiger partial charge in [0.2, 0.25) is 0 Å². The van der Waals surface area contributed by atoms with Crippen LogP contribution in [0.2, 0.25) is 0 Å². The van der Waals surface area contributed by atoms with Crippen LogP contribution in [0.4, 0.5) is 0 Å². The predicted octanol–water partition coefficient (Wildman–Crippen LogP) is 3.59. The fourth-order valence-corrected chi connectivity index (χ4v) is 2.29. The Balaban J connectivity index is 1.97. The third-order valence-corrected chi connectivity index (χ3v) is 3.59. The van der Waals surface area contributed by atoms with E-state index in [2.05, 4.69) is 12.2 Å². The van der Waals surface area contributed by atoms with Crippen LogP contribution in [0.1, 0.15) is 35.3 Å². The van der Waals surface area contributed by atoms with Crippen molar-refractivity contribution in [2.45, 2.75) is 19.4 Å². The molecule has 0 bridgehead atoms. The summed E-state index contributed by atoms with van der Waals surface area (Å²) in [5.74, 6) is 0.651. The van der Waals surface area contributed by atoms with E-state index < -0.39 is 0 Å². The lowest BCUT2D eigenvalue weighted by Gasteiger charge is -2.17. The van der Waals surface area contributed by atoms with Gasteiger partial charge in [0, 0.05) is 12.7 Å². The fourth-order valence-electron chi connectivity index (χ4n) is 2.29. The Morgan fingerprint density at radius 3 is 2.35 bits per heavy atom. The highest BCUT2D eigenvalue weighted by molar-refractivity contribution is 5.94. The zero-order chi connectivity index (χ0) is 16.5. The molecule has 2 rings (SSSR count). The molecule has 0 spiro atoms. The summed E-state index contributed by atoms with van der Waals surface area (Å²) in [6.45, 7) is 3.09. The van der Waals surface area contributed by atoms with Crippen molar-refractivity contribution < 1.29 is 14.3 Å². The number of carbonyl (C=O) groups excluding carboxylic acids is 1. The van der Waals surface area contributed by atoms with Gasteiger partial charge in [0.05, 0.1) is 12.6 Å². The maximum absolute atomic E-state index is 12.4. The monoisotopic (exact) mass is 313 g/mol. The van der Waals surface area contributed by atoms with Crippen molar-refractivity contribution >= 4 is 5.91 Å². The lowest BCUT2D eigenvalue weighted by molar-refractivity contribution is 0.0935. The second kappa shape index (κ2) is 8.96. The van der Waals surface area contributed by atoms with E-state index in [4.69, 9.17) is 9.47 Å². The molecule has 4 nitrogen and oxygen atoms in total. The predicted molar refractivity (Wildman–Crippen MR) is 90.8 cm³/mol. The molecule has 0 saturated heterocycles. The maximum Gasteiger partial charge on any atom is 0.251 e. The van der Waals surface area contributed by atoms with Crippen LogP contribution in [-0.4, -0.2) is 26.2 Å². The molecule has 0 saturated carbocycles. The van der Waals surface area contributed by atoms with Gasteiger partial charge in [-0.1, -0.05) is 37.3 Å². The Hall–Kier alpha value is -2.33. The Kier molecular flexibility index (Phi) is 6.63. The van der Waals surface area contributed by atoms with Crippen LogP contribution >= 0.6 is 0 Å². The zero-order valence-electron chi connectivity index (χ0n) is 13.6. The molecule has 2 aromatic carbocycles. The second-order valence-corrected chi connectivity index (χ2v) is 5.21. The molecule has 4 heteroatoms.